The van der Waals surface area contributed by atoms with Gasteiger partial charge in [0.2, 0.25) is 0 Å². The van der Waals surface area contributed by atoms with Crippen LogP contribution in [0.5, 0.6) is 0 Å². The maximum atomic E-state index is 13.4. The number of benzene rings is 2. The SMILES string of the molecule is Cc1c[nH]c2ncc(-c3cc4c(c([C@@H]5COCCN5C(=O)OC(C)(C)C)c3)CN(OC(=O)c3ccccc3)CC4)cc12. The smallest absolute Gasteiger partial charge is 0.410 e. The van der Waals surface area contributed by atoms with Crippen molar-refractivity contribution in [1.82, 2.24) is 19.9 Å². The molecule has 2 aromatic carbocycles. The number of amides is 1. The molecule has 0 aliphatic carbocycles. The molecule has 2 aliphatic rings. The van der Waals surface area contributed by atoms with Gasteiger partial charge in [-0.15, -0.1) is 5.06 Å². The molecular weight excluding hydrogens is 532 g/mol. The van der Waals surface area contributed by atoms with E-state index in [0.29, 0.717) is 44.8 Å². The van der Waals surface area contributed by atoms with Gasteiger partial charge in [0.1, 0.15) is 11.2 Å². The number of hydroxylamine groups is 2. The lowest BCUT2D eigenvalue weighted by atomic mass is 9.87. The highest BCUT2D eigenvalue weighted by atomic mass is 16.7. The van der Waals surface area contributed by atoms with E-state index < -0.39 is 11.6 Å². The van der Waals surface area contributed by atoms with Gasteiger partial charge in [-0.1, -0.05) is 24.3 Å². The van der Waals surface area contributed by atoms with Crippen molar-refractivity contribution < 1.29 is 23.9 Å². The first-order valence-corrected chi connectivity index (χ1v) is 14.4. The van der Waals surface area contributed by atoms with Crippen molar-refractivity contribution in [2.75, 3.05) is 26.3 Å². The van der Waals surface area contributed by atoms with Crippen molar-refractivity contribution in [2.45, 2.75) is 52.3 Å². The molecule has 0 saturated carbocycles. The lowest BCUT2D eigenvalue weighted by Gasteiger charge is -2.39. The Morgan fingerprint density at radius 2 is 1.88 bits per heavy atom. The summed E-state index contributed by atoms with van der Waals surface area (Å²) in [6, 6.07) is 15.1. The van der Waals surface area contributed by atoms with Crippen molar-refractivity contribution >= 4 is 23.1 Å². The van der Waals surface area contributed by atoms with Gasteiger partial charge in [-0.05, 0) is 86.2 Å². The first-order valence-electron chi connectivity index (χ1n) is 14.4. The average Bonchev–Trinajstić information content (AvgIpc) is 3.36. The van der Waals surface area contributed by atoms with Gasteiger partial charge in [0.05, 0.1) is 31.4 Å². The van der Waals surface area contributed by atoms with Crippen LogP contribution in [-0.2, 0) is 27.3 Å². The Morgan fingerprint density at radius 1 is 1.07 bits per heavy atom. The van der Waals surface area contributed by atoms with Crippen molar-refractivity contribution in [3.8, 4) is 11.1 Å². The lowest BCUT2D eigenvalue weighted by Crippen LogP contribution is -2.46. The number of ether oxygens (including phenoxy) is 2. The zero-order valence-corrected chi connectivity index (χ0v) is 24.5. The monoisotopic (exact) mass is 568 g/mol. The van der Waals surface area contributed by atoms with E-state index in [9.17, 15) is 9.59 Å². The molecule has 0 unspecified atom stereocenters. The van der Waals surface area contributed by atoms with Gasteiger partial charge in [0, 0.05) is 36.4 Å². The zero-order chi connectivity index (χ0) is 29.4. The molecule has 9 nitrogen and oxygen atoms in total. The number of aromatic amines is 1. The fraction of sp³-hybridized carbons (Fsp3) is 0.364. The van der Waals surface area contributed by atoms with E-state index in [1.807, 2.05) is 51.4 Å². The standard InChI is InChI=1S/C33H36N4O5/c1-21-17-34-30-26(21)16-25(18-35-30)24-14-23-10-11-36(42-31(38)22-8-6-5-7-9-22)19-28(23)27(15-24)29-20-40-13-12-37(29)32(39)41-33(2,3)4/h5-9,14-18,29H,10-13,19-20H2,1-4H3,(H,34,35)/t29-/m0/s1. The summed E-state index contributed by atoms with van der Waals surface area (Å²) in [4.78, 5) is 41.7. The number of H-pyrrole nitrogens is 1. The molecule has 2 aliphatic heterocycles. The van der Waals surface area contributed by atoms with Crippen molar-refractivity contribution in [3.63, 3.8) is 0 Å². The van der Waals surface area contributed by atoms with Crippen LogP contribution in [0.3, 0.4) is 0 Å². The normalized spacial score (nSPS) is 17.6. The van der Waals surface area contributed by atoms with Crippen LogP contribution in [0.25, 0.3) is 22.2 Å². The predicted octanol–water partition coefficient (Wildman–Crippen LogP) is 5.98. The van der Waals surface area contributed by atoms with Gasteiger partial charge >= 0.3 is 12.1 Å². The third kappa shape index (κ3) is 5.75. The Bertz CT molecular complexity index is 1620. The van der Waals surface area contributed by atoms with Crippen LogP contribution >= 0.6 is 0 Å². The predicted molar refractivity (Wildman–Crippen MR) is 159 cm³/mol. The van der Waals surface area contributed by atoms with E-state index in [0.717, 1.165) is 44.4 Å². The minimum Gasteiger partial charge on any atom is -0.444 e. The van der Waals surface area contributed by atoms with E-state index in [1.165, 1.54) is 0 Å². The number of aryl methyl sites for hydroxylation is 1. The van der Waals surface area contributed by atoms with Crippen LogP contribution in [0.4, 0.5) is 4.79 Å². The number of rotatable bonds is 4. The second-order valence-electron chi connectivity index (χ2n) is 11.9. The number of hydrogen-bond acceptors (Lipinski definition) is 7. The van der Waals surface area contributed by atoms with Gasteiger partial charge in [-0.2, -0.15) is 0 Å². The van der Waals surface area contributed by atoms with E-state index in [2.05, 4.69) is 35.1 Å². The molecule has 2 aromatic heterocycles. The Balaban J connectivity index is 1.40. The quantitative estimate of drug-likeness (QED) is 0.324. The largest absolute Gasteiger partial charge is 0.444 e. The molecule has 4 heterocycles. The van der Waals surface area contributed by atoms with Gasteiger partial charge in [-0.3, -0.25) is 4.90 Å². The van der Waals surface area contributed by atoms with Crippen LogP contribution < -0.4 is 0 Å². The third-order valence-corrected chi connectivity index (χ3v) is 7.75. The van der Waals surface area contributed by atoms with Gasteiger partial charge in [-0.25, -0.2) is 14.6 Å². The molecule has 4 aromatic rings. The zero-order valence-electron chi connectivity index (χ0n) is 24.5. The number of carbonyl (C=O) groups excluding carboxylic acids is 2. The number of nitrogens with zero attached hydrogens (tertiary/aromatic N) is 3. The summed E-state index contributed by atoms with van der Waals surface area (Å²) < 4.78 is 11.7. The Kier molecular flexibility index (Phi) is 7.47. The summed E-state index contributed by atoms with van der Waals surface area (Å²) >= 11 is 0. The fourth-order valence-electron chi connectivity index (χ4n) is 5.65. The number of nitrogens with one attached hydrogen (secondary N) is 1. The topological polar surface area (TPSA) is 97.0 Å². The Labute approximate surface area is 245 Å². The van der Waals surface area contributed by atoms with Crippen molar-refractivity contribution in [2.24, 2.45) is 0 Å². The van der Waals surface area contributed by atoms with Crippen LogP contribution in [0.2, 0.25) is 0 Å². The molecule has 0 spiro atoms. The molecule has 1 amide bonds. The maximum Gasteiger partial charge on any atom is 0.410 e. The maximum absolute atomic E-state index is 13.4. The summed E-state index contributed by atoms with van der Waals surface area (Å²) in [5, 5.41) is 2.78. The van der Waals surface area contributed by atoms with Crippen molar-refractivity contribution in [3.05, 3.63) is 88.7 Å². The Hall–Kier alpha value is -4.21. The molecule has 1 fully saturated rings. The number of pyridine rings is 1. The van der Waals surface area contributed by atoms with Crippen LogP contribution in [-0.4, -0.2) is 63.9 Å². The second-order valence-corrected chi connectivity index (χ2v) is 11.9. The molecule has 218 valence electrons. The average molecular weight is 569 g/mol. The van der Waals surface area contributed by atoms with Crippen molar-refractivity contribution in [1.29, 1.82) is 0 Å². The molecule has 42 heavy (non-hydrogen) atoms. The van der Waals surface area contributed by atoms with E-state index in [-0.39, 0.29) is 12.1 Å². The summed E-state index contributed by atoms with van der Waals surface area (Å²) in [6.45, 7) is 9.82. The number of morpholine rings is 1. The minimum absolute atomic E-state index is 0.340. The second kappa shape index (κ2) is 11.2. The summed E-state index contributed by atoms with van der Waals surface area (Å²) in [7, 11) is 0. The number of fused-ring (bicyclic) bond motifs is 2. The highest BCUT2D eigenvalue weighted by molar-refractivity contribution is 5.89. The summed E-state index contributed by atoms with van der Waals surface area (Å²) in [6.07, 6.45) is 4.15. The molecule has 0 radical (unpaired) electrons. The molecule has 9 heteroatoms. The molecule has 1 atom stereocenters. The van der Waals surface area contributed by atoms with Crippen LogP contribution in [0.15, 0.2) is 60.9 Å². The van der Waals surface area contributed by atoms with Crippen LogP contribution in [0.1, 0.15) is 59.4 Å². The number of aromatic nitrogens is 2. The van der Waals surface area contributed by atoms with Gasteiger partial charge < -0.3 is 19.3 Å². The molecular formula is C33H36N4O5. The highest BCUT2D eigenvalue weighted by Gasteiger charge is 2.35. The third-order valence-electron chi connectivity index (χ3n) is 7.75. The summed E-state index contributed by atoms with van der Waals surface area (Å²) in [5.74, 6) is -0.394. The van der Waals surface area contributed by atoms with Gasteiger partial charge in [0.25, 0.3) is 0 Å². The molecule has 0 bridgehead atoms. The van der Waals surface area contributed by atoms with Gasteiger partial charge in [0.15, 0.2) is 0 Å². The molecule has 6 rings (SSSR count). The first-order chi connectivity index (χ1) is 20.2. The first kappa shape index (κ1) is 27.9. The lowest BCUT2D eigenvalue weighted by molar-refractivity contribution is -0.120. The van der Waals surface area contributed by atoms with E-state index in [4.69, 9.17) is 14.3 Å². The summed E-state index contributed by atoms with van der Waals surface area (Å²) in [5.41, 5.74) is 7.00. The van der Waals surface area contributed by atoms with Crippen LogP contribution in [0, 0.1) is 6.92 Å². The van der Waals surface area contributed by atoms with E-state index >= 15 is 0 Å². The molecule has 1 saturated heterocycles. The minimum atomic E-state index is -0.626. The van der Waals surface area contributed by atoms with E-state index in [1.54, 1.807) is 22.1 Å². The number of hydrogen-bond donors (Lipinski definition) is 1. The molecule has 1 N–H and O–H groups in total. The number of carbonyl (C=O) groups is 2. The Morgan fingerprint density at radius 3 is 2.67 bits per heavy atom. The highest BCUT2D eigenvalue weighted by Crippen LogP contribution is 2.37. The fourth-order valence-corrected chi connectivity index (χ4v) is 5.65.